The molecular weight excluding hydrogens is 400 g/mol. The first-order chi connectivity index (χ1) is 13.9. The second kappa shape index (κ2) is 4.91. The lowest BCUT2D eigenvalue weighted by Gasteiger charge is -2.48. The van der Waals surface area contributed by atoms with E-state index in [0.29, 0.717) is 0 Å². The second-order valence-electron chi connectivity index (χ2n) is 10.7. The van der Waals surface area contributed by atoms with Crippen LogP contribution in [0, 0.1) is 34.0 Å². The molecule has 6 rings (SSSR count). The van der Waals surface area contributed by atoms with Crippen LogP contribution in [0.15, 0.2) is 0 Å². The topological polar surface area (TPSA) is 160 Å². The lowest BCUT2D eigenvalue weighted by Crippen LogP contribution is -2.62. The molecule has 164 valence electrons. The van der Waals surface area contributed by atoms with E-state index in [1.807, 2.05) is 20.8 Å². The van der Waals surface area contributed by atoms with Crippen molar-refractivity contribution >= 4 is 17.7 Å². The summed E-state index contributed by atoms with van der Waals surface area (Å²) in [5, 5.41) is 44.9. The Kier molecular flexibility index (Phi) is 3.13. The van der Waals surface area contributed by atoms with Gasteiger partial charge in [-0.05, 0) is 5.41 Å². The molecule has 10 nitrogen and oxygen atoms in total. The van der Waals surface area contributed by atoms with Crippen molar-refractivity contribution in [3.05, 3.63) is 0 Å². The fourth-order valence-corrected chi connectivity index (χ4v) is 8.65. The van der Waals surface area contributed by atoms with Gasteiger partial charge in [0.15, 0.2) is 18.0 Å². The Balaban J connectivity index is 1.71. The van der Waals surface area contributed by atoms with Crippen LogP contribution < -0.4 is 0 Å². The number of Topliss-reactive ketones (excluding diaryl/α,β-unsaturated/α-hetero) is 1. The van der Waals surface area contributed by atoms with Crippen LogP contribution in [0.4, 0.5) is 0 Å². The van der Waals surface area contributed by atoms with Gasteiger partial charge in [-0.3, -0.25) is 4.79 Å². The maximum Gasteiger partial charge on any atom is 0.338 e. The predicted molar refractivity (Wildman–Crippen MR) is 92.0 cm³/mol. The minimum absolute atomic E-state index is 0.176. The van der Waals surface area contributed by atoms with Gasteiger partial charge in [0.1, 0.15) is 17.8 Å². The Labute approximate surface area is 171 Å². The van der Waals surface area contributed by atoms with E-state index in [1.165, 1.54) is 0 Å². The average molecular weight is 424 g/mol. The highest BCUT2D eigenvalue weighted by Crippen LogP contribution is 2.85. The molecule has 3 heterocycles. The molecule has 10 heteroatoms. The number of ketones is 1. The second-order valence-corrected chi connectivity index (χ2v) is 10.7. The molecule has 3 saturated heterocycles. The van der Waals surface area contributed by atoms with Crippen LogP contribution >= 0.6 is 0 Å². The molecule has 2 unspecified atom stereocenters. The molecule has 2 spiro atoms. The standard InChI is InChI=1S/C20H24O10/c1-17(2,3)11-8(22)5-4-6(21)20-7-9(23)14(26)28-10(7)12(24)19(5,20)18(11)13(25)15(27)29-16(18)30-20/h5,7-13,16,22-25H,4H2,1-3H3/t5-,7+,8+,9+,10-,11+,12-,13+,16+,18?,19?,20+/m1/s1. The molecule has 6 aliphatic rings. The molecular formula is C20H24O10. The zero-order valence-corrected chi connectivity index (χ0v) is 16.6. The first-order valence-electron chi connectivity index (χ1n) is 10.2. The number of carbonyl (C=O) groups is 3. The fraction of sp³-hybridized carbons (Fsp3) is 0.850. The summed E-state index contributed by atoms with van der Waals surface area (Å²) in [4.78, 5) is 38.1. The Bertz CT molecular complexity index is 910. The molecule has 0 radical (unpaired) electrons. The van der Waals surface area contributed by atoms with Gasteiger partial charge in [-0.1, -0.05) is 20.8 Å². The number of carbonyl (C=O) groups excluding carboxylic acids is 3. The SMILES string of the molecule is CC(C)(C)[C@@H]1[C@@H](O)[C@H]2CC(=O)[C@@]34O[C@@H]5OC(=O)[C@H](O)C51C23[C@H](O)[C@@H]1OC(=O)[C@@H](O)[C@@H]14. The molecule has 3 aliphatic carbocycles. The fourth-order valence-electron chi connectivity index (χ4n) is 8.65. The van der Waals surface area contributed by atoms with E-state index in [9.17, 15) is 34.8 Å². The van der Waals surface area contributed by atoms with E-state index in [4.69, 9.17) is 14.2 Å². The van der Waals surface area contributed by atoms with Crippen LogP contribution in [0.3, 0.4) is 0 Å². The van der Waals surface area contributed by atoms with E-state index >= 15 is 0 Å². The number of esters is 2. The largest absolute Gasteiger partial charge is 0.457 e. The van der Waals surface area contributed by atoms with Gasteiger partial charge in [0.2, 0.25) is 6.29 Å². The van der Waals surface area contributed by atoms with E-state index in [1.54, 1.807) is 0 Å². The Hall–Kier alpha value is -1.59. The summed E-state index contributed by atoms with van der Waals surface area (Å²) in [5.41, 5.74) is -5.89. The summed E-state index contributed by atoms with van der Waals surface area (Å²) in [6.45, 7) is 5.50. The van der Waals surface area contributed by atoms with Crippen molar-refractivity contribution in [2.45, 2.75) is 69.6 Å². The van der Waals surface area contributed by atoms with Crippen molar-refractivity contribution in [3.8, 4) is 0 Å². The normalized spacial score (nSPS) is 60.4. The van der Waals surface area contributed by atoms with Crippen LogP contribution in [-0.4, -0.2) is 80.6 Å². The molecule has 0 amide bonds. The minimum Gasteiger partial charge on any atom is -0.457 e. The molecule has 3 saturated carbocycles. The van der Waals surface area contributed by atoms with Crippen LogP contribution in [0.25, 0.3) is 0 Å². The molecule has 0 bridgehead atoms. The van der Waals surface area contributed by atoms with Crippen molar-refractivity contribution < 1.29 is 49.0 Å². The lowest BCUT2D eigenvalue weighted by molar-refractivity contribution is -0.205. The van der Waals surface area contributed by atoms with Crippen LogP contribution in [0.1, 0.15) is 27.2 Å². The van der Waals surface area contributed by atoms with Crippen molar-refractivity contribution in [1.29, 1.82) is 0 Å². The molecule has 6 fully saturated rings. The van der Waals surface area contributed by atoms with Crippen LogP contribution in [-0.2, 0) is 28.6 Å². The van der Waals surface area contributed by atoms with Gasteiger partial charge < -0.3 is 34.6 Å². The smallest absolute Gasteiger partial charge is 0.338 e. The lowest BCUT2D eigenvalue weighted by atomic mass is 9.51. The molecule has 4 N–H and O–H groups in total. The molecule has 12 atom stereocenters. The number of hydrogen-bond donors (Lipinski definition) is 4. The van der Waals surface area contributed by atoms with Crippen molar-refractivity contribution in [2.24, 2.45) is 34.0 Å². The highest BCUT2D eigenvalue weighted by atomic mass is 16.7. The maximum atomic E-state index is 13.5. The highest BCUT2D eigenvalue weighted by Gasteiger charge is 3.00. The number of rotatable bonds is 0. The van der Waals surface area contributed by atoms with Gasteiger partial charge in [-0.15, -0.1) is 0 Å². The zero-order chi connectivity index (χ0) is 21.8. The summed E-state index contributed by atoms with van der Waals surface area (Å²) < 4.78 is 16.8. The molecule has 0 aromatic rings. The van der Waals surface area contributed by atoms with E-state index in [2.05, 4.69) is 0 Å². The summed E-state index contributed by atoms with van der Waals surface area (Å²) in [6, 6.07) is 0. The highest BCUT2D eigenvalue weighted by molar-refractivity contribution is 5.97. The number of fused-ring (bicyclic) bond motifs is 1. The van der Waals surface area contributed by atoms with Crippen LogP contribution in [0.5, 0.6) is 0 Å². The summed E-state index contributed by atoms with van der Waals surface area (Å²) in [6.07, 6.45) is -9.03. The third kappa shape index (κ3) is 1.42. The first kappa shape index (κ1) is 19.1. The van der Waals surface area contributed by atoms with Gasteiger partial charge in [0.05, 0.1) is 22.9 Å². The van der Waals surface area contributed by atoms with Gasteiger partial charge >= 0.3 is 11.9 Å². The van der Waals surface area contributed by atoms with Crippen molar-refractivity contribution in [3.63, 3.8) is 0 Å². The Morgan fingerprint density at radius 2 is 1.67 bits per heavy atom. The quantitative estimate of drug-likeness (QED) is 0.316. The van der Waals surface area contributed by atoms with Crippen molar-refractivity contribution in [2.75, 3.05) is 0 Å². The number of aliphatic hydroxyl groups excluding tert-OH is 4. The first-order valence-corrected chi connectivity index (χ1v) is 10.2. The van der Waals surface area contributed by atoms with Gasteiger partial charge in [0.25, 0.3) is 0 Å². The number of aliphatic hydroxyl groups is 4. The van der Waals surface area contributed by atoms with Gasteiger partial charge in [-0.2, -0.15) is 0 Å². The Morgan fingerprint density at radius 1 is 1.00 bits per heavy atom. The average Bonchev–Trinajstić information content (AvgIpc) is 3.34. The van der Waals surface area contributed by atoms with Crippen LogP contribution in [0.2, 0.25) is 0 Å². The van der Waals surface area contributed by atoms with Crippen molar-refractivity contribution in [1.82, 2.24) is 0 Å². The summed E-state index contributed by atoms with van der Waals surface area (Å²) in [5.74, 6) is -5.29. The molecule has 0 aromatic heterocycles. The summed E-state index contributed by atoms with van der Waals surface area (Å²) in [7, 11) is 0. The van der Waals surface area contributed by atoms with E-state index in [0.717, 1.165) is 0 Å². The Morgan fingerprint density at radius 3 is 2.30 bits per heavy atom. The number of ether oxygens (including phenoxy) is 3. The van der Waals surface area contributed by atoms with Gasteiger partial charge in [0, 0.05) is 18.3 Å². The van der Waals surface area contributed by atoms with Gasteiger partial charge in [-0.25, -0.2) is 9.59 Å². The number of hydrogen-bond acceptors (Lipinski definition) is 10. The minimum atomic E-state index is -1.92. The third-order valence-electron chi connectivity index (χ3n) is 8.95. The maximum absolute atomic E-state index is 13.5. The predicted octanol–water partition coefficient (Wildman–Crippen LogP) is -2.13. The molecule has 0 aromatic carbocycles. The third-order valence-corrected chi connectivity index (χ3v) is 8.95. The monoisotopic (exact) mass is 424 g/mol. The zero-order valence-electron chi connectivity index (χ0n) is 16.6. The molecule has 3 aliphatic heterocycles. The molecule has 30 heavy (non-hydrogen) atoms. The van der Waals surface area contributed by atoms with E-state index in [-0.39, 0.29) is 6.42 Å². The summed E-state index contributed by atoms with van der Waals surface area (Å²) >= 11 is 0. The van der Waals surface area contributed by atoms with E-state index < -0.39 is 94.1 Å².